The molecule has 0 amide bonds. The lowest BCUT2D eigenvalue weighted by Crippen LogP contribution is -2.26. The van der Waals surface area contributed by atoms with E-state index in [0.29, 0.717) is 11.0 Å². The SMILES string of the molecule is CCN(CC)CCCNc1cnn(CC)c(=O)c1Br. The van der Waals surface area contributed by atoms with E-state index in [4.69, 9.17) is 0 Å². The third kappa shape index (κ3) is 4.62. The van der Waals surface area contributed by atoms with E-state index in [9.17, 15) is 4.79 Å². The summed E-state index contributed by atoms with van der Waals surface area (Å²) in [6, 6.07) is 0. The Kier molecular flexibility index (Phi) is 7.09. The van der Waals surface area contributed by atoms with Crippen molar-refractivity contribution in [2.24, 2.45) is 0 Å². The van der Waals surface area contributed by atoms with E-state index in [1.54, 1.807) is 6.20 Å². The van der Waals surface area contributed by atoms with Gasteiger partial charge in [0.1, 0.15) is 4.47 Å². The highest BCUT2D eigenvalue weighted by Gasteiger charge is 2.07. The summed E-state index contributed by atoms with van der Waals surface area (Å²) in [5, 5.41) is 7.36. The molecule has 1 aromatic heterocycles. The predicted octanol–water partition coefficient (Wildman–Crippen LogP) is 2.17. The first-order chi connectivity index (χ1) is 9.13. The molecule has 0 aliphatic rings. The Labute approximate surface area is 123 Å². The number of nitrogens with one attached hydrogen (secondary N) is 1. The van der Waals surface area contributed by atoms with Gasteiger partial charge in [0.05, 0.1) is 11.9 Å². The molecular formula is C13H23BrN4O. The van der Waals surface area contributed by atoms with Crippen LogP contribution in [0.2, 0.25) is 0 Å². The van der Waals surface area contributed by atoms with E-state index in [0.717, 1.165) is 38.3 Å². The van der Waals surface area contributed by atoms with Gasteiger partial charge in [0.25, 0.3) is 5.56 Å². The van der Waals surface area contributed by atoms with Gasteiger partial charge >= 0.3 is 0 Å². The number of hydrogen-bond acceptors (Lipinski definition) is 4. The van der Waals surface area contributed by atoms with E-state index in [1.807, 2.05) is 6.92 Å². The molecule has 0 aliphatic carbocycles. The van der Waals surface area contributed by atoms with E-state index >= 15 is 0 Å². The van der Waals surface area contributed by atoms with Crippen molar-refractivity contribution in [1.29, 1.82) is 0 Å². The molecule has 0 unspecified atom stereocenters. The van der Waals surface area contributed by atoms with Gasteiger partial charge in [0.15, 0.2) is 0 Å². The minimum Gasteiger partial charge on any atom is -0.383 e. The number of hydrogen-bond donors (Lipinski definition) is 1. The molecule has 1 N–H and O–H groups in total. The van der Waals surface area contributed by atoms with Crippen LogP contribution >= 0.6 is 15.9 Å². The average Bonchev–Trinajstić information content (AvgIpc) is 2.43. The normalized spacial score (nSPS) is 11.0. The van der Waals surface area contributed by atoms with E-state index in [1.165, 1.54) is 4.68 Å². The van der Waals surface area contributed by atoms with Crippen LogP contribution in [0.5, 0.6) is 0 Å². The molecule has 0 fully saturated rings. The van der Waals surface area contributed by atoms with Gasteiger partial charge in [-0.05, 0) is 48.9 Å². The second-order valence-corrected chi connectivity index (χ2v) is 5.09. The monoisotopic (exact) mass is 330 g/mol. The molecule has 1 aromatic rings. The summed E-state index contributed by atoms with van der Waals surface area (Å²) in [7, 11) is 0. The molecule has 0 spiro atoms. The van der Waals surface area contributed by atoms with Crippen molar-refractivity contribution in [1.82, 2.24) is 14.7 Å². The third-order valence-electron chi connectivity index (χ3n) is 3.15. The Morgan fingerprint density at radius 1 is 1.37 bits per heavy atom. The number of aromatic nitrogens is 2. The molecule has 0 aliphatic heterocycles. The lowest BCUT2D eigenvalue weighted by Gasteiger charge is -2.18. The zero-order chi connectivity index (χ0) is 14.3. The van der Waals surface area contributed by atoms with Gasteiger partial charge < -0.3 is 10.2 Å². The van der Waals surface area contributed by atoms with Crippen molar-refractivity contribution < 1.29 is 0 Å². The molecule has 0 bridgehead atoms. The second kappa shape index (κ2) is 8.32. The Balaban J connectivity index is 2.50. The fourth-order valence-electron chi connectivity index (χ4n) is 1.88. The van der Waals surface area contributed by atoms with Gasteiger partial charge in [0.2, 0.25) is 0 Å². The fraction of sp³-hybridized carbons (Fsp3) is 0.692. The summed E-state index contributed by atoms with van der Waals surface area (Å²) in [4.78, 5) is 14.2. The maximum absolute atomic E-state index is 11.9. The molecule has 108 valence electrons. The Morgan fingerprint density at radius 2 is 2.05 bits per heavy atom. The molecule has 0 saturated carbocycles. The van der Waals surface area contributed by atoms with Gasteiger partial charge in [-0.1, -0.05) is 13.8 Å². The average molecular weight is 331 g/mol. The number of aryl methyl sites for hydroxylation is 1. The minimum absolute atomic E-state index is 0.0868. The molecule has 1 heterocycles. The molecule has 0 radical (unpaired) electrons. The maximum atomic E-state index is 11.9. The zero-order valence-electron chi connectivity index (χ0n) is 11.9. The first-order valence-corrected chi connectivity index (χ1v) is 7.65. The van der Waals surface area contributed by atoms with Crippen molar-refractivity contribution in [2.45, 2.75) is 33.7 Å². The molecule has 0 atom stereocenters. The summed E-state index contributed by atoms with van der Waals surface area (Å²) in [5.41, 5.74) is 0.686. The van der Waals surface area contributed by atoms with Gasteiger partial charge in [-0.3, -0.25) is 4.79 Å². The number of rotatable bonds is 8. The molecule has 0 aromatic carbocycles. The van der Waals surface area contributed by atoms with Crippen LogP contribution in [-0.4, -0.2) is 40.9 Å². The third-order valence-corrected chi connectivity index (χ3v) is 3.91. The maximum Gasteiger partial charge on any atom is 0.283 e. The van der Waals surface area contributed by atoms with Gasteiger partial charge in [-0.15, -0.1) is 0 Å². The fourth-order valence-corrected chi connectivity index (χ4v) is 2.33. The molecule has 1 rings (SSSR count). The van der Waals surface area contributed by atoms with Gasteiger partial charge in [0, 0.05) is 13.1 Å². The summed E-state index contributed by atoms with van der Waals surface area (Å²) in [6.45, 7) is 10.9. The van der Waals surface area contributed by atoms with Gasteiger partial charge in [-0.2, -0.15) is 5.10 Å². The van der Waals surface area contributed by atoms with Crippen molar-refractivity contribution >= 4 is 21.6 Å². The highest BCUT2D eigenvalue weighted by Crippen LogP contribution is 2.15. The van der Waals surface area contributed by atoms with Crippen LogP contribution < -0.4 is 10.9 Å². The van der Waals surface area contributed by atoms with E-state index in [-0.39, 0.29) is 5.56 Å². The molecular weight excluding hydrogens is 308 g/mol. The van der Waals surface area contributed by atoms with Crippen molar-refractivity contribution in [3.05, 3.63) is 21.0 Å². The van der Waals surface area contributed by atoms with Crippen LogP contribution in [0.4, 0.5) is 5.69 Å². The Hall–Kier alpha value is -0.880. The molecule has 0 saturated heterocycles. The van der Waals surface area contributed by atoms with Crippen LogP contribution in [0.15, 0.2) is 15.5 Å². The zero-order valence-corrected chi connectivity index (χ0v) is 13.5. The number of nitrogens with zero attached hydrogens (tertiary/aromatic N) is 3. The minimum atomic E-state index is -0.0868. The van der Waals surface area contributed by atoms with Crippen LogP contribution in [0.25, 0.3) is 0 Å². The highest BCUT2D eigenvalue weighted by molar-refractivity contribution is 9.10. The Morgan fingerprint density at radius 3 is 2.63 bits per heavy atom. The van der Waals surface area contributed by atoms with Crippen molar-refractivity contribution in [3.8, 4) is 0 Å². The number of anilines is 1. The largest absolute Gasteiger partial charge is 0.383 e. The molecule has 19 heavy (non-hydrogen) atoms. The molecule has 6 heteroatoms. The first kappa shape index (κ1) is 16.2. The first-order valence-electron chi connectivity index (χ1n) is 6.85. The summed E-state index contributed by atoms with van der Waals surface area (Å²) in [5.74, 6) is 0. The Bertz CT molecular complexity index is 443. The summed E-state index contributed by atoms with van der Waals surface area (Å²) >= 11 is 3.33. The molecule has 5 nitrogen and oxygen atoms in total. The summed E-state index contributed by atoms with van der Waals surface area (Å²) < 4.78 is 2.00. The predicted molar refractivity (Wildman–Crippen MR) is 82.8 cm³/mol. The standard InChI is InChI=1S/C13H23BrN4O/c1-4-17(5-2)9-7-8-15-11-10-16-18(6-3)13(19)12(11)14/h10,15H,4-9H2,1-3H3. The lowest BCUT2D eigenvalue weighted by atomic mass is 10.3. The van der Waals surface area contributed by atoms with Crippen LogP contribution in [-0.2, 0) is 6.54 Å². The smallest absolute Gasteiger partial charge is 0.283 e. The van der Waals surface area contributed by atoms with Crippen molar-refractivity contribution in [2.75, 3.05) is 31.5 Å². The van der Waals surface area contributed by atoms with E-state index in [2.05, 4.69) is 45.1 Å². The summed E-state index contributed by atoms with van der Waals surface area (Å²) in [6.07, 6.45) is 2.75. The van der Waals surface area contributed by atoms with Crippen LogP contribution in [0.3, 0.4) is 0 Å². The lowest BCUT2D eigenvalue weighted by molar-refractivity contribution is 0.303. The van der Waals surface area contributed by atoms with Crippen LogP contribution in [0.1, 0.15) is 27.2 Å². The highest BCUT2D eigenvalue weighted by atomic mass is 79.9. The van der Waals surface area contributed by atoms with Crippen LogP contribution in [0, 0.1) is 0 Å². The second-order valence-electron chi connectivity index (χ2n) is 4.30. The number of halogens is 1. The quantitative estimate of drug-likeness (QED) is 0.742. The van der Waals surface area contributed by atoms with Crippen molar-refractivity contribution in [3.63, 3.8) is 0 Å². The van der Waals surface area contributed by atoms with E-state index < -0.39 is 0 Å². The topological polar surface area (TPSA) is 50.2 Å². The van der Waals surface area contributed by atoms with Gasteiger partial charge in [-0.25, -0.2) is 4.68 Å².